The maximum atomic E-state index is 13.6. The maximum absolute atomic E-state index is 13.6. The summed E-state index contributed by atoms with van der Waals surface area (Å²) in [6, 6.07) is 14.7. The van der Waals surface area contributed by atoms with Gasteiger partial charge in [-0.3, -0.25) is 48.4 Å². The van der Waals surface area contributed by atoms with Crippen LogP contribution in [0.3, 0.4) is 0 Å². The Labute approximate surface area is 308 Å². The third-order valence-electron chi connectivity index (χ3n) is 9.67. The van der Waals surface area contributed by atoms with Gasteiger partial charge in [-0.1, -0.05) is 42.5 Å². The summed E-state index contributed by atoms with van der Waals surface area (Å²) in [5, 5.41) is 41.4. The van der Waals surface area contributed by atoms with E-state index in [2.05, 4.69) is 11.4 Å². The summed E-state index contributed by atoms with van der Waals surface area (Å²) >= 11 is 0. The van der Waals surface area contributed by atoms with Crippen molar-refractivity contribution in [2.24, 2.45) is 0 Å². The number of nitrogens with one attached hydrogen (secondary N) is 1. The van der Waals surface area contributed by atoms with Gasteiger partial charge >= 0.3 is 23.9 Å². The molecule has 288 valence electrons. The van der Waals surface area contributed by atoms with Gasteiger partial charge in [0.05, 0.1) is 26.2 Å². The number of aryl methyl sites for hydroxylation is 2. The van der Waals surface area contributed by atoms with Crippen LogP contribution in [-0.4, -0.2) is 160 Å². The Balaban J connectivity index is 1.38. The number of amides is 2. The number of fused-ring (bicyclic) bond motifs is 2. The fourth-order valence-corrected chi connectivity index (χ4v) is 6.86. The van der Waals surface area contributed by atoms with Crippen LogP contribution in [0.25, 0.3) is 0 Å². The number of para-hydroxylation sites is 1. The number of aliphatic carboxylic acids is 4. The van der Waals surface area contributed by atoms with E-state index in [0.29, 0.717) is 6.54 Å². The quantitative estimate of drug-likeness (QED) is 0.179. The number of carboxylic acid groups (broad SMARTS) is 4. The zero-order chi connectivity index (χ0) is 38.3. The predicted octanol–water partition coefficient (Wildman–Crippen LogP) is 0.534. The van der Waals surface area contributed by atoms with E-state index in [1.807, 2.05) is 42.5 Å². The van der Waals surface area contributed by atoms with E-state index >= 15 is 0 Å². The summed E-state index contributed by atoms with van der Waals surface area (Å²) in [5.74, 6) is -5.01. The lowest BCUT2D eigenvalue weighted by Crippen LogP contribution is -2.52. The summed E-state index contributed by atoms with van der Waals surface area (Å²) in [5.41, 5.74) is 4.16. The zero-order valence-electron chi connectivity index (χ0n) is 29.9. The van der Waals surface area contributed by atoms with Crippen LogP contribution < -0.4 is 10.2 Å². The Morgan fingerprint density at radius 1 is 0.604 bits per heavy atom. The van der Waals surface area contributed by atoms with Crippen molar-refractivity contribution in [2.75, 3.05) is 83.4 Å². The number of hydrogen-bond acceptors (Lipinski definition) is 10. The van der Waals surface area contributed by atoms with E-state index in [4.69, 9.17) is 0 Å². The number of nitrogens with zero attached hydrogens (tertiary/aromatic N) is 5. The molecule has 0 bridgehead atoms. The Morgan fingerprint density at radius 3 is 1.60 bits per heavy atom. The minimum Gasteiger partial charge on any atom is -0.480 e. The third kappa shape index (κ3) is 13.2. The molecule has 2 aromatic carbocycles. The molecule has 0 spiro atoms. The minimum atomic E-state index is -1.18. The summed E-state index contributed by atoms with van der Waals surface area (Å²) < 4.78 is 0. The van der Waals surface area contributed by atoms with Crippen LogP contribution in [0.1, 0.15) is 36.0 Å². The molecule has 1 atom stereocenters. The highest BCUT2D eigenvalue weighted by Crippen LogP contribution is 2.29. The topological polar surface area (TPSA) is 212 Å². The number of benzene rings is 2. The van der Waals surface area contributed by atoms with Crippen molar-refractivity contribution in [1.82, 2.24) is 24.9 Å². The first kappa shape index (κ1) is 40.9. The molecule has 2 aliphatic heterocycles. The molecule has 1 saturated heterocycles. The largest absolute Gasteiger partial charge is 0.480 e. The van der Waals surface area contributed by atoms with Gasteiger partial charge < -0.3 is 30.6 Å². The van der Waals surface area contributed by atoms with E-state index in [1.54, 1.807) is 24.5 Å². The lowest BCUT2D eigenvalue weighted by atomic mass is 9.95. The van der Waals surface area contributed by atoms with Crippen LogP contribution in [-0.2, 0) is 48.2 Å². The van der Waals surface area contributed by atoms with Gasteiger partial charge in [-0.25, -0.2) is 0 Å². The lowest BCUT2D eigenvalue weighted by molar-refractivity contribution is -0.145. The second-order valence-corrected chi connectivity index (χ2v) is 13.4. The van der Waals surface area contributed by atoms with E-state index in [0.717, 1.165) is 29.7 Å². The smallest absolute Gasteiger partial charge is 0.320 e. The standard InChI is InChI=1S/C37H50N6O10/c44-32(38-14-13-33(45)43-23-29-7-2-1-5-27(29)9-10-28-6-3-4-8-30(28)43)12-11-31(37(52)53)42-21-19-40(25-35(48)49)17-15-39(24-34(46)47)16-18-41(20-22-42)26-36(50)51/h1-8,31H,9-26H2,(H,38,44)(H,46,47)(H,48,49)(H,50,51)(H,52,53). The molecule has 53 heavy (non-hydrogen) atoms. The van der Waals surface area contributed by atoms with E-state index < -0.39 is 35.8 Å². The van der Waals surface area contributed by atoms with Crippen molar-refractivity contribution in [3.05, 3.63) is 65.2 Å². The van der Waals surface area contributed by atoms with Crippen LogP contribution in [0.2, 0.25) is 0 Å². The van der Waals surface area contributed by atoms with Crippen LogP contribution in [0.15, 0.2) is 48.5 Å². The number of carbonyl (C=O) groups is 6. The van der Waals surface area contributed by atoms with Crippen LogP contribution >= 0.6 is 0 Å². The molecule has 2 heterocycles. The first-order valence-corrected chi connectivity index (χ1v) is 17.9. The number of carbonyl (C=O) groups excluding carboxylic acids is 2. The third-order valence-corrected chi connectivity index (χ3v) is 9.67. The zero-order valence-corrected chi connectivity index (χ0v) is 29.9. The Hall–Kier alpha value is -4.90. The van der Waals surface area contributed by atoms with Crippen molar-refractivity contribution < 1.29 is 49.2 Å². The molecular formula is C37H50N6O10. The molecule has 0 radical (unpaired) electrons. The molecule has 4 rings (SSSR count). The summed E-state index contributed by atoms with van der Waals surface area (Å²) in [6.45, 7) is 0.823. The maximum Gasteiger partial charge on any atom is 0.320 e. The molecule has 16 heteroatoms. The first-order valence-electron chi connectivity index (χ1n) is 17.9. The number of hydrogen-bond donors (Lipinski definition) is 5. The Kier molecular flexibility index (Phi) is 15.7. The summed E-state index contributed by atoms with van der Waals surface area (Å²) in [7, 11) is 0. The molecule has 2 aliphatic rings. The SMILES string of the molecule is O=C(O)CN1CCN(CC(=O)O)CCN(C(CCC(=O)NCCC(=O)N2Cc3ccccc3CCc3ccccc32)C(=O)O)CCN(CC(=O)O)CC1. The molecule has 1 fully saturated rings. The van der Waals surface area contributed by atoms with Crippen LogP contribution in [0.4, 0.5) is 5.69 Å². The van der Waals surface area contributed by atoms with Gasteiger partial charge in [0.2, 0.25) is 11.8 Å². The molecule has 2 amide bonds. The average molecular weight is 739 g/mol. The van der Waals surface area contributed by atoms with Gasteiger partial charge in [-0.05, 0) is 42.0 Å². The lowest BCUT2D eigenvalue weighted by Gasteiger charge is -2.35. The molecule has 16 nitrogen and oxygen atoms in total. The second kappa shape index (κ2) is 20.4. The second-order valence-electron chi connectivity index (χ2n) is 13.4. The van der Waals surface area contributed by atoms with Gasteiger partial charge in [0.15, 0.2) is 0 Å². The van der Waals surface area contributed by atoms with Crippen molar-refractivity contribution in [2.45, 2.75) is 44.7 Å². The van der Waals surface area contributed by atoms with Crippen molar-refractivity contribution in [3.8, 4) is 0 Å². The molecule has 0 aliphatic carbocycles. The average Bonchev–Trinajstić information content (AvgIpc) is 3.09. The van der Waals surface area contributed by atoms with Gasteiger partial charge in [0, 0.05) is 77.4 Å². The van der Waals surface area contributed by atoms with Gasteiger partial charge in [-0.15, -0.1) is 0 Å². The molecule has 0 aromatic heterocycles. The number of anilines is 1. The van der Waals surface area contributed by atoms with Crippen molar-refractivity contribution >= 4 is 41.4 Å². The van der Waals surface area contributed by atoms with Crippen LogP contribution in [0, 0.1) is 0 Å². The number of rotatable bonds is 14. The predicted molar refractivity (Wildman–Crippen MR) is 194 cm³/mol. The molecular weight excluding hydrogens is 688 g/mol. The molecule has 5 N–H and O–H groups in total. The van der Waals surface area contributed by atoms with E-state index in [9.17, 15) is 49.2 Å². The minimum absolute atomic E-state index is 0.0411. The van der Waals surface area contributed by atoms with Crippen molar-refractivity contribution in [1.29, 1.82) is 0 Å². The molecule has 2 aromatic rings. The fourth-order valence-electron chi connectivity index (χ4n) is 6.86. The highest BCUT2D eigenvalue weighted by molar-refractivity contribution is 5.94. The Bertz CT molecular complexity index is 1570. The van der Waals surface area contributed by atoms with E-state index in [-0.39, 0.29) is 104 Å². The summed E-state index contributed by atoms with van der Waals surface area (Å²) in [4.78, 5) is 82.0. The fraction of sp³-hybridized carbons (Fsp3) is 0.514. The van der Waals surface area contributed by atoms with E-state index in [1.165, 1.54) is 5.56 Å². The highest BCUT2D eigenvalue weighted by atomic mass is 16.4. The molecule has 1 unspecified atom stereocenters. The Morgan fingerprint density at radius 2 is 1.08 bits per heavy atom. The van der Waals surface area contributed by atoms with Crippen molar-refractivity contribution in [3.63, 3.8) is 0 Å². The van der Waals surface area contributed by atoms with Gasteiger partial charge in [0.25, 0.3) is 0 Å². The van der Waals surface area contributed by atoms with Gasteiger partial charge in [0.1, 0.15) is 6.04 Å². The first-order chi connectivity index (χ1) is 25.4. The highest BCUT2D eigenvalue weighted by Gasteiger charge is 2.29. The normalized spacial score (nSPS) is 17.5. The van der Waals surface area contributed by atoms with Gasteiger partial charge in [-0.2, -0.15) is 0 Å². The molecule has 0 saturated carbocycles. The monoisotopic (exact) mass is 738 g/mol. The van der Waals surface area contributed by atoms with Crippen LogP contribution in [0.5, 0.6) is 0 Å². The number of carboxylic acids is 4. The summed E-state index contributed by atoms with van der Waals surface area (Å²) in [6.07, 6.45) is 1.48.